The highest BCUT2D eigenvalue weighted by Crippen LogP contribution is 2.12. The van der Waals surface area contributed by atoms with Gasteiger partial charge in [-0.2, -0.15) is 0 Å². The average Bonchev–Trinajstić information content (AvgIpc) is 3.05. The number of amides is 1. The number of halogens is 1. The van der Waals surface area contributed by atoms with Gasteiger partial charge in [-0.25, -0.2) is 0 Å². The summed E-state index contributed by atoms with van der Waals surface area (Å²) in [7, 11) is 1.89. The van der Waals surface area contributed by atoms with Gasteiger partial charge >= 0.3 is 0 Å². The smallest absolute Gasteiger partial charge is 0.224 e. The fourth-order valence-electron chi connectivity index (χ4n) is 2.50. The first kappa shape index (κ1) is 16.7. The summed E-state index contributed by atoms with van der Waals surface area (Å²) < 4.78 is 11.0. The minimum atomic E-state index is 0. The Morgan fingerprint density at radius 1 is 1.47 bits per heavy atom. The lowest BCUT2D eigenvalue weighted by atomic mass is 10.2. The fourth-order valence-corrected chi connectivity index (χ4v) is 2.50. The van der Waals surface area contributed by atoms with E-state index in [1.54, 1.807) is 0 Å². The Bertz CT molecular complexity index is 267. The van der Waals surface area contributed by atoms with Crippen LogP contribution in [-0.2, 0) is 14.3 Å². The largest absolute Gasteiger partial charge is 0.378 e. The summed E-state index contributed by atoms with van der Waals surface area (Å²) >= 11 is 0. The molecule has 0 saturated carbocycles. The van der Waals surface area contributed by atoms with Crippen molar-refractivity contribution in [2.45, 2.75) is 37.8 Å². The van der Waals surface area contributed by atoms with Gasteiger partial charge in [0, 0.05) is 26.2 Å². The molecule has 2 aliphatic rings. The Balaban J connectivity index is 0.00000180. The third-order valence-corrected chi connectivity index (χ3v) is 3.76. The molecule has 2 rings (SSSR count). The highest BCUT2D eigenvalue weighted by atomic mass is 35.5. The van der Waals surface area contributed by atoms with Crippen molar-refractivity contribution in [3.05, 3.63) is 0 Å². The van der Waals surface area contributed by atoms with Gasteiger partial charge in [-0.05, 0) is 25.8 Å². The van der Waals surface area contributed by atoms with Crippen molar-refractivity contribution in [2.75, 3.05) is 40.0 Å². The molecular formula is C13H25ClN2O3. The molecule has 0 aliphatic carbocycles. The van der Waals surface area contributed by atoms with Crippen LogP contribution in [0.2, 0.25) is 0 Å². The van der Waals surface area contributed by atoms with Gasteiger partial charge in [0.05, 0.1) is 25.7 Å². The van der Waals surface area contributed by atoms with Crippen molar-refractivity contribution in [2.24, 2.45) is 0 Å². The lowest BCUT2D eigenvalue weighted by molar-refractivity contribution is -0.133. The topological polar surface area (TPSA) is 50.8 Å². The third-order valence-electron chi connectivity index (χ3n) is 3.76. The van der Waals surface area contributed by atoms with Gasteiger partial charge < -0.3 is 19.7 Å². The van der Waals surface area contributed by atoms with E-state index >= 15 is 0 Å². The number of likely N-dealkylation sites (N-methyl/N-ethyl adjacent to an activating group) is 1. The Hall–Kier alpha value is -0.360. The first-order chi connectivity index (χ1) is 8.77. The number of nitrogens with zero attached hydrogens (tertiary/aromatic N) is 1. The molecule has 2 fully saturated rings. The zero-order chi connectivity index (χ0) is 12.8. The van der Waals surface area contributed by atoms with Gasteiger partial charge in [-0.1, -0.05) is 0 Å². The molecule has 6 heteroatoms. The maximum absolute atomic E-state index is 11.9. The lowest BCUT2D eigenvalue weighted by Gasteiger charge is -2.23. The molecule has 0 spiro atoms. The number of hydrogen-bond acceptors (Lipinski definition) is 4. The first-order valence-electron chi connectivity index (χ1n) is 6.93. The molecule has 2 saturated heterocycles. The minimum absolute atomic E-state index is 0. The highest BCUT2D eigenvalue weighted by Gasteiger charge is 2.23. The van der Waals surface area contributed by atoms with E-state index in [0.29, 0.717) is 25.7 Å². The average molecular weight is 293 g/mol. The van der Waals surface area contributed by atoms with Crippen LogP contribution in [0.15, 0.2) is 0 Å². The van der Waals surface area contributed by atoms with E-state index in [2.05, 4.69) is 5.32 Å². The zero-order valence-corrected chi connectivity index (χ0v) is 12.4. The molecule has 0 aromatic rings. The van der Waals surface area contributed by atoms with Gasteiger partial charge in [-0.3, -0.25) is 4.79 Å². The van der Waals surface area contributed by atoms with Crippen LogP contribution in [0.1, 0.15) is 25.7 Å². The quantitative estimate of drug-likeness (QED) is 0.736. The van der Waals surface area contributed by atoms with Crippen LogP contribution in [0.3, 0.4) is 0 Å². The van der Waals surface area contributed by atoms with E-state index in [0.717, 1.165) is 39.0 Å². The number of nitrogens with one attached hydrogen (secondary N) is 1. The van der Waals surface area contributed by atoms with Gasteiger partial charge in [0.1, 0.15) is 0 Å². The Labute approximate surface area is 121 Å². The van der Waals surface area contributed by atoms with Crippen molar-refractivity contribution < 1.29 is 14.3 Å². The van der Waals surface area contributed by atoms with Crippen molar-refractivity contribution >= 4 is 18.3 Å². The van der Waals surface area contributed by atoms with Crippen LogP contribution >= 0.6 is 12.4 Å². The summed E-state index contributed by atoms with van der Waals surface area (Å²) in [6.07, 6.45) is 3.99. The normalized spacial score (nSPS) is 26.2. The molecule has 1 N–H and O–H groups in total. The van der Waals surface area contributed by atoms with E-state index < -0.39 is 0 Å². The SMILES string of the molecule is CN(C(=O)CCOCC1CCCO1)C1CCNC1.Cl. The zero-order valence-electron chi connectivity index (χ0n) is 11.6. The summed E-state index contributed by atoms with van der Waals surface area (Å²) in [4.78, 5) is 13.8. The molecule has 112 valence electrons. The van der Waals surface area contributed by atoms with E-state index in [1.165, 1.54) is 0 Å². The van der Waals surface area contributed by atoms with E-state index in [4.69, 9.17) is 9.47 Å². The molecule has 5 nitrogen and oxygen atoms in total. The van der Waals surface area contributed by atoms with Gasteiger partial charge in [-0.15, -0.1) is 12.4 Å². The van der Waals surface area contributed by atoms with E-state index in [1.807, 2.05) is 11.9 Å². The Morgan fingerprint density at radius 3 is 2.95 bits per heavy atom. The summed E-state index contributed by atoms with van der Waals surface area (Å²) in [5.74, 6) is 0.177. The molecule has 2 aliphatic heterocycles. The minimum Gasteiger partial charge on any atom is -0.378 e. The number of hydrogen-bond donors (Lipinski definition) is 1. The molecule has 2 atom stereocenters. The molecule has 0 radical (unpaired) electrons. The predicted octanol–water partition coefficient (Wildman–Crippen LogP) is 0.814. The number of rotatable bonds is 6. The van der Waals surface area contributed by atoms with Gasteiger partial charge in [0.2, 0.25) is 5.91 Å². The number of ether oxygens (including phenoxy) is 2. The molecule has 0 aromatic heterocycles. The molecule has 0 aromatic carbocycles. The third kappa shape index (κ3) is 5.26. The second-order valence-corrected chi connectivity index (χ2v) is 5.11. The van der Waals surface area contributed by atoms with Crippen LogP contribution in [0, 0.1) is 0 Å². The monoisotopic (exact) mass is 292 g/mol. The molecular weight excluding hydrogens is 268 g/mol. The van der Waals surface area contributed by atoms with Gasteiger partial charge in [0.25, 0.3) is 0 Å². The second-order valence-electron chi connectivity index (χ2n) is 5.11. The molecule has 0 bridgehead atoms. The summed E-state index contributed by atoms with van der Waals surface area (Å²) in [5, 5.41) is 3.27. The number of carbonyl (C=O) groups excluding carboxylic acids is 1. The lowest BCUT2D eigenvalue weighted by Crippen LogP contribution is -2.38. The maximum atomic E-state index is 11.9. The molecule has 19 heavy (non-hydrogen) atoms. The molecule has 2 unspecified atom stereocenters. The number of carbonyl (C=O) groups is 1. The van der Waals surface area contributed by atoms with Gasteiger partial charge in [0.15, 0.2) is 0 Å². The highest BCUT2D eigenvalue weighted by molar-refractivity contribution is 5.85. The van der Waals surface area contributed by atoms with Crippen LogP contribution in [0.4, 0.5) is 0 Å². The fraction of sp³-hybridized carbons (Fsp3) is 0.923. The first-order valence-corrected chi connectivity index (χ1v) is 6.93. The van der Waals surface area contributed by atoms with Crippen molar-refractivity contribution in [1.82, 2.24) is 10.2 Å². The second kappa shape index (κ2) is 8.74. The Kier molecular flexibility index (Phi) is 7.68. The molecule has 1 amide bonds. The van der Waals surface area contributed by atoms with Crippen LogP contribution in [0.5, 0.6) is 0 Å². The molecule has 2 heterocycles. The van der Waals surface area contributed by atoms with Crippen molar-refractivity contribution in [1.29, 1.82) is 0 Å². The summed E-state index contributed by atoms with van der Waals surface area (Å²) in [6.45, 7) is 3.91. The van der Waals surface area contributed by atoms with Crippen LogP contribution < -0.4 is 5.32 Å². The predicted molar refractivity (Wildman–Crippen MR) is 75.7 cm³/mol. The van der Waals surface area contributed by atoms with Crippen molar-refractivity contribution in [3.63, 3.8) is 0 Å². The van der Waals surface area contributed by atoms with Crippen molar-refractivity contribution in [3.8, 4) is 0 Å². The maximum Gasteiger partial charge on any atom is 0.224 e. The van der Waals surface area contributed by atoms with E-state index in [-0.39, 0.29) is 24.4 Å². The van der Waals surface area contributed by atoms with E-state index in [9.17, 15) is 4.79 Å². The van der Waals surface area contributed by atoms with Crippen LogP contribution in [-0.4, -0.2) is 62.9 Å². The standard InChI is InChI=1S/C13H24N2O3.ClH/c1-15(11-4-6-14-9-11)13(16)5-8-17-10-12-3-2-7-18-12;/h11-12,14H,2-10H2,1H3;1H. The van der Waals surface area contributed by atoms with Crippen LogP contribution in [0.25, 0.3) is 0 Å². The summed E-state index contributed by atoms with van der Waals surface area (Å²) in [5.41, 5.74) is 0. The summed E-state index contributed by atoms with van der Waals surface area (Å²) in [6, 6.07) is 0.357. The Morgan fingerprint density at radius 2 is 2.32 bits per heavy atom.